The fourth-order valence-corrected chi connectivity index (χ4v) is 2.31. The number of aromatic hydroxyl groups is 1. The first-order valence-corrected chi connectivity index (χ1v) is 6.73. The molecule has 5 heteroatoms. The molecule has 0 amide bonds. The van der Waals surface area contributed by atoms with E-state index in [0.717, 1.165) is 23.1 Å². The number of phenols is 1. The van der Waals surface area contributed by atoms with E-state index in [4.69, 9.17) is 9.47 Å². The maximum Gasteiger partial charge on any atom is 0.231 e. The summed E-state index contributed by atoms with van der Waals surface area (Å²) in [5, 5.41) is 12.7. The minimum Gasteiger partial charge on any atom is -0.508 e. The van der Waals surface area contributed by atoms with Crippen LogP contribution < -0.4 is 14.8 Å². The zero-order valence-corrected chi connectivity index (χ0v) is 11.6. The lowest BCUT2D eigenvalue weighted by molar-refractivity contribution is 0.174. The minimum absolute atomic E-state index is 0.0601. The van der Waals surface area contributed by atoms with Gasteiger partial charge in [0, 0.05) is 18.7 Å². The number of benzene rings is 2. The number of halogens is 1. The van der Waals surface area contributed by atoms with Gasteiger partial charge >= 0.3 is 0 Å². The van der Waals surface area contributed by atoms with E-state index in [1.165, 1.54) is 6.07 Å². The van der Waals surface area contributed by atoms with Gasteiger partial charge in [0.15, 0.2) is 11.5 Å². The van der Waals surface area contributed by atoms with Crippen LogP contribution in [-0.2, 0) is 6.54 Å². The van der Waals surface area contributed by atoms with E-state index in [1.807, 2.05) is 25.1 Å². The molecule has 1 heterocycles. The van der Waals surface area contributed by atoms with E-state index in [1.54, 1.807) is 6.07 Å². The second-order valence-electron chi connectivity index (χ2n) is 5.03. The second-order valence-corrected chi connectivity index (χ2v) is 5.03. The van der Waals surface area contributed by atoms with Crippen molar-refractivity contribution >= 4 is 0 Å². The highest BCUT2D eigenvalue weighted by molar-refractivity contribution is 5.45. The normalized spacial score (nSPS) is 14.2. The van der Waals surface area contributed by atoms with Crippen LogP contribution in [0, 0.1) is 5.82 Å². The molecule has 0 fully saturated rings. The Bertz CT molecular complexity index is 640. The van der Waals surface area contributed by atoms with Gasteiger partial charge in [0.2, 0.25) is 6.79 Å². The topological polar surface area (TPSA) is 50.7 Å². The maximum absolute atomic E-state index is 13.2. The molecule has 1 unspecified atom stereocenters. The van der Waals surface area contributed by atoms with Crippen LogP contribution in [0.2, 0.25) is 0 Å². The Morgan fingerprint density at radius 1 is 1.19 bits per heavy atom. The molecule has 21 heavy (non-hydrogen) atoms. The fraction of sp³-hybridized carbons (Fsp3) is 0.250. The Labute approximate surface area is 122 Å². The number of hydrogen-bond acceptors (Lipinski definition) is 4. The van der Waals surface area contributed by atoms with Crippen molar-refractivity contribution in [2.24, 2.45) is 0 Å². The summed E-state index contributed by atoms with van der Waals surface area (Å²) in [7, 11) is 0. The molecule has 110 valence electrons. The average molecular weight is 289 g/mol. The molecule has 0 aliphatic carbocycles. The number of nitrogens with one attached hydrogen (secondary N) is 1. The smallest absolute Gasteiger partial charge is 0.231 e. The molecular formula is C16H16FNO3. The quantitative estimate of drug-likeness (QED) is 0.908. The van der Waals surface area contributed by atoms with Crippen molar-refractivity contribution in [3.8, 4) is 17.2 Å². The molecule has 1 aliphatic rings. The standard InChI is InChI=1S/C16H16FNO3/c1-10(12-2-3-15-16(6-12)21-9-20-15)18-8-11-4-13(17)7-14(19)5-11/h2-7,10,18-19H,8-9H2,1H3. The highest BCUT2D eigenvalue weighted by Gasteiger charge is 2.15. The molecule has 2 aromatic rings. The molecule has 1 aliphatic heterocycles. The zero-order valence-electron chi connectivity index (χ0n) is 11.6. The van der Waals surface area contributed by atoms with E-state index >= 15 is 0 Å². The van der Waals surface area contributed by atoms with Crippen molar-refractivity contribution < 1.29 is 19.0 Å². The first-order chi connectivity index (χ1) is 10.1. The summed E-state index contributed by atoms with van der Waals surface area (Å²) < 4.78 is 23.8. The molecule has 0 spiro atoms. The van der Waals surface area contributed by atoms with Crippen LogP contribution in [0.4, 0.5) is 4.39 Å². The highest BCUT2D eigenvalue weighted by atomic mass is 19.1. The molecule has 0 saturated carbocycles. The predicted octanol–water partition coefficient (Wildman–Crippen LogP) is 3.11. The Balaban J connectivity index is 1.67. The largest absolute Gasteiger partial charge is 0.508 e. The Morgan fingerprint density at radius 3 is 2.81 bits per heavy atom. The van der Waals surface area contributed by atoms with Crippen molar-refractivity contribution in [1.82, 2.24) is 5.32 Å². The van der Waals surface area contributed by atoms with E-state index in [2.05, 4.69) is 5.32 Å². The summed E-state index contributed by atoms with van der Waals surface area (Å²) in [6, 6.07) is 9.87. The van der Waals surface area contributed by atoms with E-state index < -0.39 is 5.82 Å². The van der Waals surface area contributed by atoms with Crippen LogP contribution >= 0.6 is 0 Å². The van der Waals surface area contributed by atoms with Gasteiger partial charge in [-0.1, -0.05) is 6.07 Å². The SMILES string of the molecule is CC(NCc1cc(O)cc(F)c1)c1ccc2c(c1)OCO2. The van der Waals surface area contributed by atoms with Crippen LogP contribution in [0.25, 0.3) is 0 Å². The summed E-state index contributed by atoms with van der Waals surface area (Å²) in [4.78, 5) is 0. The van der Waals surface area contributed by atoms with Crippen LogP contribution in [0.5, 0.6) is 17.2 Å². The highest BCUT2D eigenvalue weighted by Crippen LogP contribution is 2.34. The first-order valence-electron chi connectivity index (χ1n) is 6.73. The van der Waals surface area contributed by atoms with E-state index in [-0.39, 0.29) is 18.6 Å². The third kappa shape index (κ3) is 3.08. The number of ether oxygens (including phenoxy) is 2. The molecule has 0 saturated heterocycles. The maximum atomic E-state index is 13.2. The third-order valence-corrected chi connectivity index (χ3v) is 3.45. The van der Waals surface area contributed by atoms with Gasteiger partial charge in [-0.2, -0.15) is 0 Å². The average Bonchev–Trinajstić information content (AvgIpc) is 2.91. The molecule has 1 atom stereocenters. The van der Waals surface area contributed by atoms with Gasteiger partial charge in [0.25, 0.3) is 0 Å². The number of phenolic OH excluding ortho intramolecular Hbond substituents is 1. The molecule has 3 rings (SSSR count). The van der Waals surface area contributed by atoms with Crippen LogP contribution in [0.15, 0.2) is 36.4 Å². The summed E-state index contributed by atoms with van der Waals surface area (Å²) >= 11 is 0. The molecule has 0 radical (unpaired) electrons. The summed E-state index contributed by atoms with van der Waals surface area (Å²) in [5.74, 6) is 0.982. The number of rotatable bonds is 4. The summed E-state index contributed by atoms with van der Waals surface area (Å²) in [6.45, 7) is 2.72. The van der Waals surface area contributed by atoms with E-state index in [9.17, 15) is 9.50 Å². The van der Waals surface area contributed by atoms with Crippen molar-refractivity contribution in [3.63, 3.8) is 0 Å². The van der Waals surface area contributed by atoms with Gasteiger partial charge in [0.05, 0.1) is 0 Å². The number of hydrogen-bond donors (Lipinski definition) is 2. The Kier molecular flexibility index (Phi) is 3.66. The first kappa shape index (κ1) is 13.7. The van der Waals surface area contributed by atoms with Crippen molar-refractivity contribution in [1.29, 1.82) is 0 Å². The molecule has 2 aromatic carbocycles. The van der Waals surface area contributed by atoms with Crippen LogP contribution in [0.3, 0.4) is 0 Å². The molecule has 2 N–H and O–H groups in total. The monoisotopic (exact) mass is 289 g/mol. The van der Waals surface area contributed by atoms with Gasteiger partial charge in [-0.25, -0.2) is 4.39 Å². The van der Waals surface area contributed by atoms with Gasteiger partial charge in [-0.05, 0) is 42.3 Å². The lowest BCUT2D eigenvalue weighted by Gasteiger charge is -2.15. The summed E-state index contributed by atoms with van der Waals surface area (Å²) in [5.41, 5.74) is 1.75. The van der Waals surface area contributed by atoms with Gasteiger partial charge < -0.3 is 19.9 Å². The van der Waals surface area contributed by atoms with Crippen molar-refractivity contribution in [2.75, 3.05) is 6.79 Å². The second kappa shape index (κ2) is 5.61. The molecule has 0 aromatic heterocycles. The predicted molar refractivity (Wildman–Crippen MR) is 75.9 cm³/mol. The van der Waals surface area contributed by atoms with Gasteiger partial charge in [0.1, 0.15) is 11.6 Å². The lowest BCUT2D eigenvalue weighted by Crippen LogP contribution is -2.18. The number of fused-ring (bicyclic) bond motifs is 1. The fourth-order valence-electron chi connectivity index (χ4n) is 2.31. The van der Waals surface area contributed by atoms with Crippen molar-refractivity contribution in [3.05, 3.63) is 53.3 Å². The minimum atomic E-state index is -0.442. The van der Waals surface area contributed by atoms with Gasteiger partial charge in [-0.3, -0.25) is 0 Å². The lowest BCUT2D eigenvalue weighted by atomic mass is 10.1. The van der Waals surface area contributed by atoms with E-state index in [0.29, 0.717) is 12.1 Å². The Morgan fingerprint density at radius 2 is 2.00 bits per heavy atom. The molecular weight excluding hydrogens is 273 g/mol. The van der Waals surface area contributed by atoms with Crippen molar-refractivity contribution in [2.45, 2.75) is 19.5 Å². The van der Waals surface area contributed by atoms with Crippen LogP contribution in [-0.4, -0.2) is 11.9 Å². The summed E-state index contributed by atoms with van der Waals surface area (Å²) in [6.07, 6.45) is 0. The van der Waals surface area contributed by atoms with Gasteiger partial charge in [-0.15, -0.1) is 0 Å². The molecule has 4 nitrogen and oxygen atoms in total. The third-order valence-electron chi connectivity index (χ3n) is 3.45. The Hall–Kier alpha value is -2.27. The zero-order chi connectivity index (χ0) is 14.8. The van der Waals surface area contributed by atoms with Crippen LogP contribution in [0.1, 0.15) is 24.1 Å². The molecule has 0 bridgehead atoms.